The number of nitro benzene ring substituents is 1. The number of nitrogens with one attached hydrogen (secondary N) is 1. The van der Waals surface area contributed by atoms with Gasteiger partial charge in [-0.2, -0.15) is 0 Å². The largest absolute Gasteiger partial charge is 0.345 e. The van der Waals surface area contributed by atoms with Crippen LogP contribution in [0.3, 0.4) is 0 Å². The van der Waals surface area contributed by atoms with Gasteiger partial charge in [0.05, 0.1) is 11.0 Å². The molecule has 2 atom stereocenters. The number of carbonyl (C=O) groups is 1. The third-order valence-electron chi connectivity index (χ3n) is 7.11. The maximum Gasteiger partial charge on any atom is 0.269 e. The second-order valence-corrected chi connectivity index (χ2v) is 11.2. The molecule has 0 radical (unpaired) electrons. The average Bonchev–Trinajstić information content (AvgIpc) is 3.40. The van der Waals surface area contributed by atoms with Gasteiger partial charge >= 0.3 is 0 Å². The SMILES string of the molecule is CCCC[C@H](CC)C(=O)N[C@@H](Cc1ccccc1)c1nnc(SCc2cccc(C)c2)n1-c1ccc([N+](=O)[O-])cc1. The van der Waals surface area contributed by atoms with E-state index in [2.05, 4.69) is 47.6 Å². The van der Waals surface area contributed by atoms with Crippen LogP contribution < -0.4 is 5.32 Å². The van der Waals surface area contributed by atoms with Crippen LogP contribution in [0.2, 0.25) is 0 Å². The highest BCUT2D eigenvalue weighted by Gasteiger charge is 2.27. The van der Waals surface area contributed by atoms with Crippen molar-refractivity contribution in [3.63, 3.8) is 0 Å². The number of hydrogen-bond donors (Lipinski definition) is 1. The van der Waals surface area contributed by atoms with Crippen LogP contribution in [0.1, 0.15) is 68.1 Å². The van der Waals surface area contributed by atoms with Crippen LogP contribution in [0.25, 0.3) is 5.69 Å². The minimum absolute atomic E-state index is 0.00758. The summed E-state index contributed by atoms with van der Waals surface area (Å²) in [5.41, 5.74) is 4.11. The summed E-state index contributed by atoms with van der Waals surface area (Å²) < 4.78 is 1.92. The van der Waals surface area contributed by atoms with Crippen molar-refractivity contribution in [3.05, 3.63) is 111 Å². The Morgan fingerprint density at radius 1 is 1.00 bits per heavy atom. The molecule has 41 heavy (non-hydrogen) atoms. The van der Waals surface area contributed by atoms with Crippen LogP contribution in [0, 0.1) is 23.0 Å². The molecular weight excluding hydrogens is 534 g/mol. The summed E-state index contributed by atoms with van der Waals surface area (Å²) in [6, 6.07) is 24.2. The fourth-order valence-electron chi connectivity index (χ4n) is 4.83. The first-order chi connectivity index (χ1) is 19.9. The molecule has 214 valence electrons. The number of benzene rings is 3. The van der Waals surface area contributed by atoms with E-state index in [0.717, 1.165) is 36.8 Å². The Bertz CT molecular complexity index is 1440. The monoisotopic (exact) mass is 571 g/mol. The van der Waals surface area contributed by atoms with Crippen molar-refractivity contribution in [2.45, 2.75) is 69.8 Å². The van der Waals surface area contributed by atoms with Crippen molar-refractivity contribution in [2.24, 2.45) is 5.92 Å². The molecule has 8 nitrogen and oxygen atoms in total. The Labute approximate surface area is 245 Å². The number of thioether (sulfide) groups is 1. The van der Waals surface area contributed by atoms with Gasteiger partial charge in [0.1, 0.15) is 0 Å². The number of non-ortho nitro benzene ring substituents is 1. The number of aryl methyl sites for hydroxylation is 1. The number of carbonyl (C=O) groups excluding carboxylic acids is 1. The zero-order chi connectivity index (χ0) is 29.2. The van der Waals surface area contributed by atoms with E-state index in [0.29, 0.717) is 28.8 Å². The summed E-state index contributed by atoms with van der Waals surface area (Å²) >= 11 is 1.54. The van der Waals surface area contributed by atoms with Gasteiger partial charge in [-0.1, -0.05) is 98.6 Å². The van der Waals surface area contributed by atoms with Crippen molar-refractivity contribution >= 4 is 23.4 Å². The van der Waals surface area contributed by atoms with Gasteiger partial charge in [0.2, 0.25) is 5.91 Å². The van der Waals surface area contributed by atoms with Gasteiger partial charge in [-0.05, 0) is 49.4 Å². The van der Waals surface area contributed by atoms with E-state index in [1.165, 1.54) is 17.7 Å². The standard InChI is InChI=1S/C32H37N5O3S/c1-4-6-15-26(5-2)31(38)33-29(21-24-12-8-7-9-13-24)30-34-35-32(41-22-25-14-10-11-23(3)20-25)36(30)27-16-18-28(19-17-27)37(39)40/h7-14,16-20,26,29H,4-6,15,21-22H2,1-3H3,(H,33,38)/t26-,29-/m0/s1. The molecule has 0 unspecified atom stereocenters. The topological polar surface area (TPSA) is 103 Å². The highest BCUT2D eigenvalue weighted by atomic mass is 32.2. The highest BCUT2D eigenvalue weighted by Crippen LogP contribution is 2.30. The van der Waals surface area contributed by atoms with Gasteiger partial charge in [-0.15, -0.1) is 10.2 Å². The Balaban J connectivity index is 1.74. The molecular formula is C32H37N5O3S. The molecule has 3 aromatic carbocycles. The van der Waals surface area contributed by atoms with Crippen molar-refractivity contribution in [3.8, 4) is 5.69 Å². The van der Waals surface area contributed by atoms with Crippen molar-refractivity contribution in [2.75, 3.05) is 0 Å². The number of hydrogen-bond acceptors (Lipinski definition) is 6. The van der Waals surface area contributed by atoms with Gasteiger partial charge in [0.15, 0.2) is 11.0 Å². The predicted octanol–water partition coefficient (Wildman–Crippen LogP) is 7.39. The third kappa shape index (κ3) is 8.04. The van der Waals surface area contributed by atoms with Crippen LogP contribution in [-0.2, 0) is 17.0 Å². The van der Waals surface area contributed by atoms with Crippen LogP contribution in [-0.4, -0.2) is 25.6 Å². The number of unbranched alkanes of at least 4 members (excludes halogenated alkanes) is 1. The smallest absolute Gasteiger partial charge is 0.269 e. The first-order valence-corrected chi connectivity index (χ1v) is 15.1. The van der Waals surface area contributed by atoms with Gasteiger partial charge in [-0.25, -0.2) is 0 Å². The maximum atomic E-state index is 13.5. The molecule has 0 saturated heterocycles. The van der Waals surface area contributed by atoms with Crippen molar-refractivity contribution in [1.29, 1.82) is 0 Å². The van der Waals surface area contributed by atoms with E-state index in [9.17, 15) is 14.9 Å². The number of aromatic nitrogens is 3. The molecule has 0 aliphatic carbocycles. The van der Waals surface area contributed by atoms with E-state index in [1.54, 1.807) is 23.9 Å². The normalized spacial score (nSPS) is 12.6. The fourth-order valence-corrected chi connectivity index (χ4v) is 5.74. The van der Waals surface area contributed by atoms with E-state index >= 15 is 0 Å². The summed E-state index contributed by atoms with van der Waals surface area (Å²) in [6.07, 6.45) is 4.16. The molecule has 0 fully saturated rings. The second kappa shape index (κ2) is 14.6. The van der Waals surface area contributed by atoms with Crippen LogP contribution in [0.15, 0.2) is 84.0 Å². The molecule has 1 N–H and O–H groups in total. The fraction of sp³-hybridized carbons (Fsp3) is 0.344. The number of nitrogens with zero attached hydrogens (tertiary/aromatic N) is 4. The minimum atomic E-state index is -0.448. The zero-order valence-electron chi connectivity index (χ0n) is 23.8. The Kier molecular flexibility index (Phi) is 10.7. The van der Waals surface area contributed by atoms with Crippen molar-refractivity contribution < 1.29 is 9.72 Å². The number of nitro groups is 1. The second-order valence-electron chi connectivity index (χ2n) is 10.2. The first-order valence-electron chi connectivity index (χ1n) is 14.1. The molecule has 4 aromatic rings. The minimum Gasteiger partial charge on any atom is -0.345 e. The molecule has 0 bridgehead atoms. The summed E-state index contributed by atoms with van der Waals surface area (Å²) in [5, 5.41) is 24.5. The summed E-state index contributed by atoms with van der Waals surface area (Å²) in [7, 11) is 0. The van der Waals surface area contributed by atoms with E-state index < -0.39 is 11.0 Å². The van der Waals surface area contributed by atoms with Crippen molar-refractivity contribution in [1.82, 2.24) is 20.1 Å². The van der Waals surface area contributed by atoms with Crippen LogP contribution in [0.5, 0.6) is 0 Å². The Hall–Kier alpha value is -3.98. The molecule has 4 rings (SSSR count). The quantitative estimate of drug-likeness (QED) is 0.0961. The summed E-state index contributed by atoms with van der Waals surface area (Å²) in [6.45, 7) is 6.24. The lowest BCUT2D eigenvalue weighted by atomic mass is 9.97. The third-order valence-corrected chi connectivity index (χ3v) is 8.11. The van der Waals surface area contributed by atoms with Gasteiger partial charge < -0.3 is 5.32 Å². The highest BCUT2D eigenvalue weighted by molar-refractivity contribution is 7.98. The van der Waals surface area contributed by atoms with E-state index in [-0.39, 0.29) is 17.5 Å². The maximum absolute atomic E-state index is 13.5. The Morgan fingerprint density at radius 2 is 1.73 bits per heavy atom. The molecule has 9 heteroatoms. The molecule has 0 aliphatic rings. The molecule has 0 saturated carbocycles. The lowest BCUT2D eigenvalue weighted by molar-refractivity contribution is -0.384. The van der Waals surface area contributed by atoms with E-state index in [1.807, 2.05) is 47.9 Å². The van der Waals surface area contributed by atoms with Crippen LogP contribution in [0.4, 0.5) is 5.69 Å². The molecule has 1 amide bonds. The molecule has 0 spiro atoms. The number of amides is 1. The van der Waals surface area contributed by atoms with Gasteiger partial charge in [-0.3, -0.25) is 19.5 Å². The average molecular weight is 572 g/mol. The first kappa shape index (κ1) is 30.0. The van der Waals surface area contributed by atoms with Crippen LogP contribution >= 0.6 is 11.8 Å². The predicted molar refractivity (Wildman–Crippen MR) is 163 cm³/mol. The number of rotatable bonds is 14. The van der Waals surface area contributed by atoms with E-state index in [4.69, 9.17) is 0 Å². The summed E-state index contributed by atoms with van der Waals surface area (Å²) in [4.78, 5) is 24.5. The van der Waals surface area contributed by atoms with Gasteiger partial charge in [0, 0.05) is 29.5 Å². The molecule has 1 heterocycles. The molecule has 1 aromatic heterocycles. The molecule has 0 aliphatic heterocycles. The lowest BCUT2D eigenvalue weighted by Crippen LogP contribution is -2.36. The zero-order valence-corrected chi connectivity index (χ0v) is 24.6. The summed E-state index contributed by atoms with van der Waals surface area (Å²) in [5.74, 6) is 1.19. The Morgan fingerprint density at radius 3 is 2.39 bits per heavy atom. The lowest BCUT2D eigenvalue weighted by Gasteiger charge is -2.23. The van der Waals surface area contributed by atoms with Gasteiger partial charge in [0.25, 0.3) is 5.69 Å².